The van der Waals surface area contributed by atoms with Crippen molar-refractivity contribution in [2.24, 2.45) is 0 Å². The van der Waals surface area contributed by atoms with Crippen LogP contribution in [0, 0.1) is 0 Å². The largest absolute Gasteiger partial charge is 0.480 e. The van der Waals surface area contributed by atoms with Crippen molar-refractivity contribution < 1.29 is 14.7 Å². The van der Waals surface area contributed by atoms with Crippen molar-refractivity contribution in [1.82, 2.24) is 5.32 Å². The van der Waals surface area contributed by atoms with Crippen LogP contribution in [-0.4, -0.2) is 35.0 Å². The molecule has 0 aromatic heterocycles. The van der Waals surface area contributed by atoms with Gasteiger partial charge in [-0.15, -0.1) is 0 Å². The van der Waals surface area contributed by atoms with Crippen LogP contribution >= 0.6 is 11.8 Å². The van der Waals surface area contributed by atoms with Gasteiger partial charge in [0, 0.05) is 11.3 Å². The summed E-state index contributed by atoms with van der Waals surface area (Å²) in [5.41, 5.74) is 3.89. The third kappa shape index (κ3) is 5.36. The van der Waals surface area contributed by atoms with Crippen LogP contribution in [0.25, 0.3) is 11.1 Å². The minimum absolute atomic E-state index is 0.337. The SMILES string of the molecule is CCCc1ccc(-c2ccc(C(=O)NC(CSC)C(=O)O)cc2)cc1. The van der Waals surface area contributed by atoms with Gasteiger partial charge in [0.2, 0.25) is 0 Å². The molecule has 2 rings (SSSR count). The number of aliphatic carboxylic acids is 1. The van der Waals surface area contributed by atoms with Crippen LogP contribution in [0.15, 0.2) is 48.5 Å². The van der Waals surface area contributed by atoms with E-state index >= 15 is 0 Å². The standard InChI is InChI=1S/C20H23NO3S/c1-3-4-14-5-7-15(8-6-14)16-9-11-17(12-10-16)19(22)21-18(13-25-2)20(23)24/h5-12,18H,3-4,13H2,1-2H3,(H,21,22)(H,23,24). The van der Waals surface area contributed by atoms with Gasteiger partial charge >= 0.3 is 5.97 Å². The Hall–Kier alpha value is -2.27. The van der Waals surface area contributed by atoms with Crippen LogP contribution in [0.4, 0.5) is 0 Å². The Morgan fingerprint density at radius 1 is 1.04 bits per heavy atom. The van der Waals surface area contributed by atoms with Crippen molar-refractivity contribution in [1.29, 1.82) is 0 Å². The molecule has 2 aromatic carbocycles. The van der Waals surface area contributed by atoms with E-state index in [0.717, 1.165) is 24.0 Å². The molecule has 0 aliphatic carbocycles. The number of aryl methyl sites for hydroxylation is 1. The first-order valence-electron chi connectivity index (χ1n) is 8.27. The summed E-state index contributed by atoms with van der Waals surface area (Å²) in [7, 11) is 0. The molecule has 0 bridgehead atoms. The first-order chi connectivity index (χ1) is 12.0. The number of carbonyl (C=O) groups excluding carboxylic acids is 1. The van der Waals surface area contributed by atoms with Gasteiger partial charge in [0.1, 0.15) is 6.04 Å². The second kappa shape index (κ2) is 9.28. The fourth-order valence-electron chi connectivity index (χ4n) is 2.55. The fraction of sp³-hybridized carbons (Fsp3) is 0.300. The zero-order valence-electron chi connectivity index (χ0n) is 14.5. The van der Waals surface area contributed by atoms with Crippen molar-refractivity contribution in [2.75, 3.05) is 12.0 Å². The van der Waals surface area contributed by atoms with E-state index in [1.54, 1.807) is 12.1 Å². The van der Waals surface area contributed by atoms with Crippen molar-refractivity contribution >= 4 is 23.6 Å². The molecule has 2 aromatic rings. The summed E-state index contributed by atoms with van der Waals surface area (Å²) in [6, 6.07) is 14.7. The van der Waals surface area contributed by atoms with Crippen molar-refractivity contribution in [3.8, 4) is 11.1 Å². The van der Waals surface area contributed by atoms with Gasteiger partial charge in [-0.05, 0) is 41.5 Å². The third-order valence-electron chi connectivity index (χ3n) is 3.91. The Labute approximate surface area is 152 Å². The summed E-state index contributed by atoms with van der Waals surface area (Å²) in [6.45, 7) is 2.16. The molecule has 0 aliphatic heterocycles. The molecule has 0 heterocycles. The van der Waals surface area contributed by atoms with Crippen molar-refractivity contribution in [3.05, 3.63) is 59.7 Å². The van der Waals surface area contributed by atoms with E-state index < -0.39 is 12.0 Å². The molecule has 132 valence electrons. The minimum atomic E-state index is -1.02. The Bertz CT molecular complexity index is 711. The maximum Gasteiger partial charge on any atom is 0.327 e. The molecule has 0 radical (unpaired) electrons. The van der Waals surface area contributed by atoms with Gasteiger partial charge in [-0.25, -0.2) is 4.79 Å². The highest BCUT2D eigenvalue weighted by Gasteiger charge is 2.19. The number of carboxylic acid groups (broad SMARTS) is 1. The molecule has 4 nitrogen and oxygen atoms in total. The highest BCUT2D eigenvalue weighted by atomic mass is 32.2. The van der Waals surface area contributed by atoms with E-state index in [1.807, 2.05) is 18.4 Å². The molecule has 0 saturated carbocycles. The number of benzene rings is 2. The number of thioether (sulfide) groups is 1. The molecular weight excluding hydrogens is 334 g/mol. The topological polar surface area (TPSA) is 66.4 Å². The number of hydrogen-bond donors (Lipinski definition) is 2. The second-order valence-electron chi connectivity index (χ2n) is 5.84. The monoisotopic (exact) mass is 357 g/mol. The summed E-state index contributed by atoms with van der Waals surface area (Å²) in [5.74, 6) is -1.05. The van der Waals surface area contributed by atoms with Gasteiger partial charge in [0.05, 0.1) is 0 Å². The summed E-state index contributed by atoms with van der Waals surface area (Å²) in [5, 5.41) is 11.7. The zero-order valence-corrected chi connectivity index (χ0v) is 15.3. The molecular formula is C20H23NO3S. The first-order valence-corrected chi connectivity index (χ1v) is 9.66. The average molecular weight is 357 g/mol. The van der Waals surface area contributed by atoms with Crippen LogP contribution in [0.1, 0.15) is 29.3 Å². The number of carboxylic acids is 1. The summed E-state index contributed by atoms with van der Waals surface area (Å²) in [6.07, 6.45) is 4.00. The van der Waals surface area contributed by atoms with E-state index in [1.165, 1.54) is 17.3 Å². The fourth-order valence-corrected chi connectivity index (χ4v) is 3.11. The molecule has 25 heavy (non-hydrogen) atoms. The molecule has 0 saturated heterocycles. The van der Waals surface area contributed by atoms with Crippen molar-refractivity contribution in [3.63, 3.8) is 0 Å². The van der Waals surface area contributed by atoms with E-state index in [-0.39, 0.29) is 5.91 Å². The normalized spacial score (nSPS) is 11.8. The maximum atomic E-state index is 12.2. The van der Waals surface area contributed by atoms with Gasteiger partial charge in [-0.3, -0.25) is 4.79 Å². The smallest absolute Gasteiger partial charge is 0.327 e. The van der Waals surface area contributed by atoms with Crippen LogP contribution in [0.5, 0.6) is 0 Å². The van der Waals surface area contributed by atoms with Gasteiger partial charge in [0.25, 0.3) is 5.91 Å². The number of amides is 1. The Balaban J connectivity index is 2.08. The number of nitrogens with one attached hydrogen (secondary N) is 1. The van der Waals surface area contributed by atoms with E-state index in [0.29, 0.717) is 11.3 Å². The Morgan fingerprint density at radius 3 is 2.08 bits per heavy atom. The zero-order chi connectivity index (χ0) is 18.2. The third-order valence-corrected chi connectivity index (χ3v) is 4.58. The lowest BCUT2D eigenvalue weighted by Crippen LogP contribution is -2.42. The first kappa shape index (κ1) is 19.1. The number of rotatable bonds is 8. The van der Waals surface area contributed by atoms with E-state index in [9.17, 15) is 9.59 Å². The lowest BCUT2D eigenvalue weighted by molar-refractivity contribution is -0.138. The van der Waals surface area contributed by atoms with Gasteiger partial charge < -0.3 is 10.4 Å². The lowest BCUT2D eigenvalue weighted by atomic mass is 10.0. The lowest BCUT2D eigenvalue weighted by Gasteiger charge is -2.13. The Kier molecular flexibility index (Phi) is 7.07. The summed E-state index contributed by atoms with van der Waals surface area (Å²) < 4.78 is 0. The summed E-state index contributed by atoms with van der Waals surface area (Å²) >= 11 is 1.38. The maximum absolute atomic E-state index is 12.2. The number of hydrogen-bond acceptors (Lipinski definition) is 3. The van der Waals surface area contributed by atoms with Crippen molar-refractivity contribution in [2.45, 2.75) is 25.8 Å². The predicted molar refractivity (Wildman–Crippen MR) is 103 cm³/mol. The molecule has 0 aliphatic rings. The highest BCUT2D eigenvalue weighted by Crippen LogP contribution is 2.21. The van der Waals surface area contributed by atoms with Crippen LogP contribution in [0.3, 0.4) is 0 Å². The minimum Gasteiger partial charge on any atom is -0.480 e. The van der Waals surface area contributed by atoms with Crippen LogP contribution in [-0.2, 0) is 11.2 Å². The Morgan fingerprint density at radius 2 is 1.60 bits per heavy atom. The molecule has 2 N–H and O–H groups in total. The van der Waals surface area contributed by atoms with Gasteiger partial charge in [0.15, 0.2) is 0 Å². The predicted octanol–water partition coefficient (Wildman–Crippen LogP) is 3.85. The average Bonchev–Trinajstić information content (AvgIpc) is 2.62. The van der Waals surface area contributed by atoms with E-state index in [2.05, 4.69) is 36.5 Å². The molecule has 1 amide bonds. The van der Waals surface area contributed by atoms with E-state index in [4.69, 9.17) is 5.11 Å². The molecule has 5 heteroatoms. The second-order valence-corrected chi connectivity index (χ2v) is 6.75. The summed E-state index contributed by atoms with van der Waals surface area (Å²) in [4.78, 5) is 23.4. The van der Waals surface area contributed by atoms with Crippen LogP contribution < -0.4 is 5.32 Å². The van der Waals surface area contributed by atoms with Gasteiger partial charge in [-0.2, -0.15) is 11.8 Å². The quantitative estimate of drug-likeness (QED) is 0.753. The molecule has 0 fully saturated rings. The molecule has 1 atom stereocenters. The van der Waals surface area contributed by atoms with Crippen LogP contribution in [0.2, 0.25) is 0 Å². The molecule has 0 spiro atoms. The highest BCUT2D eigenvalue weighted by molar-refractivity contribution is 7.98. The molecule has 1 unspecified atom stereocenters. The number of carbonyl (C=O) groups is 2. The van der Waals surface area contributed by atoms with Gasteiger partial charge in [-0.1, -0.05) is 49.7 Å².